The van der Waals surface area contributed by atoms with Crippen LogP contribution in [-0.2, 0) is 6.54 Å². The van der Waals surface area contributed by atoms with Crippen LogP contribution in [0.1, 0.15) is 0 Å². The number of aromatic hydroxyl groups is 1. The molecule has 1 heterocycles. The lowest BCUT2D eigenvalue weighted by Crippen LogP contribution is -2.08. The van der Waals surface area contributed by atoms with Crippen molar-refractivity contribution in [3.8, 4) is 11.5 Å². The van der Waals surface area contributed by atoms with Crippen molar-refractivity contribution >= 4 is 0 Å². The second-order valence-electron chi connectivity index (χ2n) is 3.11. The van der Waals surface area contributed by atoms with Gasteiger partial charge in [0.25, 0.3) is 0 Å². The zero-order valence-electron chi connectivity index (χ0n) is 8.21. The Bertz CT molecular complexity index is 395. The minimum atomic E-state index is 0.245. The van der Waals surface area contributed by atoms with Gasteiger partial charge in [0.15, 0.2) is 0 Å². The number of phenolic OH excluding ortho intramolecular Hbond substituents is 1. The average molecular weight is 204 g/mol. The average Bonchev–Trinajstić information content (AvgIpc) is 2.74. The van der Waals surface area contributed by atoms with Gasteiger partial charge < -0.3 is 9.84 Å². The first-order chi connectivity index (χ1) is 7.34. The summed E-state index contributed by atoms with van der Waals surface area (Å²) in [5.74, 6) is 0.995. The zero-order valence-corrected chi connectivity index (χ0v) is 8.21. The largest absolute Gasteiger partial charge is 0.508 e. The van der Waals surface area contributed by atoms with Crippen LogP contribution >= 0.6 is 0 Å². The lowest BCUT2D eigenvalue weighted by molar-refractivity contribution is 0.291. The van der Waals surface area contributed by atoms with Gasteiger partial charge in [-0.3, -0.25) is 4.68 Å². The van der Waals surface area contributed by atoms with Gasteiger partial charge in [-0.15, -0.1) is 0 Å². The van der Waals surface area contributed by atoms with Crippen molar-refractivity contribution in [1.82, 2.24) is 9.78 Å². The number of nitrogens with zero attached hydrogens (tertiary/aromatic N) is 2. The molecule has 0 fully saturated rings. The van der Waals surface area contributed by atoms with E-state index in [0.29, 0.717) is 13.2 Å². The molecule has 1 aromatic heterocycles. The number of hydrogen-bond acceptors (Lipinski definition) is 3. The first-order valence-electron chi connectivity index (χ1n) is 4.74. The number of aromatic nitrogens is 2. The Morgan fingerprint density at radius 3 is 2.73 bits per heavy atom. The molecule has 4 nitrogen and oxygen atoms in total. The van der Waals surface area contributed by atoms with E-state index in [0.717, 1.165) is 5.75 Å². The summed E-state index contributed by atoms with van der Waals surface area (Å²) < 4.78 is 7.27. The van der Waals surface area contributed by atoms with E-state index in [4.69, 9.17) is 9.84 Å². The Morgan fingerprint density at radius 1 is 1.27 bits per heavy atom. The molecular formula is C11H12N2O2. The third-order valence-electron chi connectivity index (χ3n) is 1.99. The SMILES string of the molecule is Oc1ccc(OCCn2cccn2)cc1. The van der Waals surface area contributed by atoms with Crippen LogP contribution in [0.25, 0.3) is 0 Å². The van der Waals surface area contributed by atoms with Crippen molar-refractivity contribution in [2.24, 2.45) is 0 Å². The van der Waals surface area contributed by atoms with Crippen LogP contribution in [-0.4, -0.2) is 21.5 Å². The first kappa shape index (κ1) is 9.58. The van der Waals surface area contributed by atoms with Crippen LogP contribution in [0.15, 0.2) is 42.7 Å². The number of rotatable bonds is 4. The highest BCUT2D eigenvalue weighted by Gasteiger charge is 1.94. The molecule has 1 N–H and O–H groups in total. The summed E-state index contributed by atoms with van der Waals surface area (Å²) in [6.45, 7) is 1.28. The highest BCUT2D eigenvalue weighted by Crippen LogP contribution is 2.15. The lowest BCUT2D eigenvalue weighted by Gasteiger charge is -2.05. The maximum atomic E-state index is 9.06. The number of hydrogen-bond donors (Lipinski definition) is 1. The van der Waals surface area contributed by atoms with E-state index in [1.54, 1.807) is 35.1 Å². The van der Waals surface area contributed by atoms with Crippen LogP contribution in [0, 0.1) is 0 Å². The monoisotopic (exact) mass is 204 g/mol. The minimum Gasteiger partial charge on any atom is -0.508 e. The van der Waals surface area contributed by atoms with Crippen LogP contribution in [0.4, 0.5) is 0 Å². The molecular weight excluding hydrogens is 192 g/mol. The van der Waals surface area contributed by atoms with Gasteiger partial charge in [0.1, 0.15) is 18.1 Å². The molecule has 0 bridgehead atoms. The van der Waals surface area contributed by atoms with Gasteiger partial charge in [-0.25, -0.2) is 0 Å². The van der Waals surface area contributed by atoms with Crippen LogP contribution in [0.3, 0.4) is 0 Å². The Balaban J connectivity index is 1.81. The minimum absolute atomic E-state index is 0.245. The van der Waals surface area contributed by atoms with E-state index in [1.807, 2.05) is 12.3 Å². The summed E-state index contributed by atoms with van der Waals surface area (Å²) in [6.07, 6.45) is 3.63. The fourth-order valence-electron chi connectivity index (χ4n) is 1.23. The summed E-state index contributed by atoms with van der Waals surface area (Å²) in [6, 6.07) is 8.55. The molecule has 4 heteroatoms. The highest BCUT2D eigenvalue weighted by atomic mass is 16.5. The van der Waals surface area contributed by atoms with Crippen molar-refractivity contribution in [3.05, 3.63) is 42.7 Å². The summed E-state index contributed by atoms with van der Waals surface area (Å²) in [4.78, 5) is 0. The number of phenols is 1. The molecule has 0 aliphatic rings. The molecule has 2 aromatic rings. The molecule has 0 radical (unpaired) electrons. The quantitative estimate of drug-likeness (QED) is 0.824. The van der Waals surface area contributed by atoms with E-state index < -0.39 is 0 Å². The Labute approximate surface area is 87.7 Å². The summed E-state index contributed by atoms with van der Waals surface area (Å²) in [7, 11) is 0. The van der Waals surface area contributed by atoms with Crippen LogP contribution in [0.5, 0.6) is 11.5 Å². The molecule has 15 heavy (non-hydrogen) atoms. The standard InChI is InChI=1S/C11H12N2O2/c14-10-2-4-11(5-3-10)15-9-8-13-7-1-6-12-13/h1-7,14H,8-9H2. The van der Waals surface area contributed by atoms with Crippen LogP contribution in [0.2, 0.25) is 0 Å². The Kier molecular flexibility index (Phi) is 2.88. The summed E-state index contributed by atoms with van der Waals surface area (Å²) >= 11 is 0. The third-order valence-corrected chi connectivity index (χ3v) is 1.99. The fourth-order valence-corrected chi connectivity index (χ4v) is 1.23. The van der Waals surface area contributed by atoms with Gasteiger partial charge in [-0.05, 0) is 30.3 Å². The van der Waals surface area contributed by atoms with Crippen molar-refractivity contribution in [2.45, 2.75) is 6.54 Å². The molecule has 0 amide bonds. The molecule has 0 saturated carbocycles. The second-order valence-corrected chi connectivity index (χ2v) is 3.11. The van der Waals surface area contributed by atoms with Gasteiger partial charge in [-0.2, -0.15) is 5.10 Å². The Hall–Kier alpha value is -1.97. The predicted molar refractivity (Wildman–Crippen MR) is 55.8 cm³/mol. The lowest BCUT2D eigenvalue weighted by atomic mass is 10.3. The van der Waals surface area contributed by atoms with E-state index in [1.165, 1.54) is 0 Å². The van der Waals surface area contributed by atoms with Crippen LogP contribution < -0.4 is 4.74 Å². The molecule has 0 aliphatic carbocycles. The molecule has 2 rings (SSSR count). The fraction of sp³-hybridized carbons (Fsp3) is 0.182. The first-order valence-corrected chi connectivity index (χ1v) is 4.74. The summed E-state index contributed by atoms with van der Waals surface area (Å²) in [5.41, 5.74) is 0. The predicted octanol–water partition coefficient (Wildman–Crippen LogP) is 1.67. The third kappa shape index (κ3) is 2.74. The van der Waals surface area contributed by atoms with Crippen molar-refractivity contribution in [2.75, 3.05) is 6.61 Å². The smallest absolute Gasteiger partial charge is 0.119 e. The number of ether oxygens (including phenoxy) is 1. The zero-order chi connectivity index (χ0) is 10.5. The molecule has 0 spiro atoms. The van der Waals surface area contributed by atoms with Crippen molar-refractivity contribution < 1.29 is 9.84 Å². The van der Waals surface area contributed by atoms with E-state index in [-0.39, 0.29) is 5.75 Å². The van der Waals surface area contributed by atoms with Crippen molar-refractivity contribution in [3.63, 3.8) is 0 Å². The maximum absolute atomic E-state index is 9.06. The van der Waals surface area contributed by atoms with Gasteiger partial charge in [0, 0.05) is 12.4 Å². The second kappa shape index (κ2) is 4.50. The molecule has 1 aromatic carbocycles. The molecule has 0 unspecified atom stereocenters. The summed E-state index contributed by atoms with van der Waals surface area (Å²) in [5, 5.41) is 13.1. The van der Waals surface area contributed by atoms with Gasteiger partial charge in [-0.1, -0.05) is 0 Å². The van der Waals surface area contributed by atoms with Gasteiger partial charge in [0.2, 0.25) is 0 Å². The normalized spacial score (nSPS) is 10.1. The van der Waals surface area contributed by atoms with E-state index in [2.05, 4.69) is 5.10 Å². The van der Waals surface area contributed by atoms with Crippen molar-refractivity contribution in [1.29, 1.82) is 0 Å². The molecule has 0 saturated heterocycles. The van der Waals surface area contributed by atoms with Gasteiger partial charge >= 0.3 is 0 Å². The molecule has 0 atom stereocenters. The number of benzene rings is 1. The Morgan fingerprint density at radius 2 is 2.07 bits per heavy atom. The maximum Gasteiger partial charge on any atom is 0.119 e. The van der Waals surface area contributed by atoms with E-state index >= 15 is 0 Å². The van der Waals surface area contributed by atoms with E-state index in [9.17, 15) is 0 Å². The molecule has 78 valence electrons. The highest BCUT2D eigenvalue weighted by molar-refractivity contribution is 5.29. The topological polar surface area (TPSA) is 47.3 Å². The molecule has 0 aliphatic heterocycles. The van der Waals surface area contributed by atoms with Gasteiger partial charge in [0.05, 0.1) is 6.54 Å².